The van der Waals surface area contributed by atoms with Crippen LogP contribution in [-0.2, 0) is 32.0 Å². The number of carbonyl (C=O) groups is 4. The Balaban J connectivity index is 1.31. The molecule has 2 saturated heterocycles. The Morgan fingerprint density at radius 1 is 1.00 bits per heavy atom. The van der Waals surface area contributed by atoms with E-state index in [9.17, 15) is 33.8 Å². The Labute approximate surface area is 282 Å². The Kier molecular flexibility index (Phi) is 7.78. The van der Waals surface area contributed by atoms with E-state index in [0.717, 1.165) is 22.1 Å². The summed E-state index contributed by atoms with van der Waals surface area (Å²) in [7, 11) is 0. The van der Waals surface area contributed by atoms with E-state index in [4.69, 9.17) is 11.6 Å². The molecule has 10 heteroatoms. The summed E-state index contributed by atoms with van der Waals surface area (Å²) in [4.78, 5) is 59.2. The number of carbonyl (C=O) groups excluding carboxylic acids is 4. The molecular formula is C38H34ClFN2O6. The summed E-state index contributed by atoms with van der Waals surface area (Å²) in [5, 5.41) is 21.0. The summed E-state index contributed by atoms with van der Waals surface area (Å²) in [5.74, 6) is -5.77. The first-order valence-electron chi connectivity index (χ1n) is 16.1. The molecule has 246 valence electrons. The highest BCUT2D eigenvalue weighted by Crippen LogP contribution is 2.64. The second-order valence-electron chi connectivity index (χ2n) is 13.4. The van der Waals surface area contributed by atoms with Gasteiger partial charge in [-0.3, -0.25) is 24.1 Å². The Morgan fingerprint density at radius 3 is 2.46 bits per heavy atom. The van der Waals surface area contributed by atoms with Crippen molar-refractivity contribution in [3.63, 3.8) is 0 Å². The number of nitrogens with zero attached hydrogens (tertiary/aromatic N) is 2. The number of imide groups is 2. The minimum absolute atomic E-state index is 0.0149. The number of anilines is 1. The minimum atomic E-state index is -1.37. The van der Waals surface area contributed by atoms with Gasteiger partial charge in [-0.2, -0.15) is 0 Å². The molecule has 8 nitrogen and oxygen atoms in total. The number of amides is 4. The summed E-state index contributed by atoms with van der Waals surface area (Å²) in [6.45, 7) is 5.69. The molecular weight excluding hydrogens is 635 g/mol. The van der Waals surface area contributed by atoms with E-state index in [0.29, 0.717) is 24.0 Å². The molecule has 0 aromatic heterocycles. The highest BCUT2D eigenvalue weighted by Gasteiger charge is 2.68. The molecule has 48 heavy (non-hydrogen) atoms. The molecule has 6 atom stereocenters. The predicted octanol–water partition coefficient (Wildman–Crippen LogP) is 6.09. The predicted molar refractivity (Wildman–Crippen MR) is 177 cm³/mol. The second kappa shape index (κ2) is 11.7. The van der Waals surface area contributed by atoms with Gasteiger partial charge in [-0.25, -0.2) is 9.29 Å². The van der Waals surface area contributed by atoms with Crippen LogP contribution < -0.4 is 4.90 Å². The van der Waals surface area contributed by atoms with E-state index in [1.54, 1.807) is 55.5 Å². The lowest BCUT2D eigenvalue weighted by Gasteiger charge is -2.49. The molecule has 1 saturated carbocycles. The van der Waals surface area contributed by atoms with Crippen LogP contribution in [0.25, 0.3) is 0 Å². The zero-order valence-electron chi connectivity index (χ0n) is 26.2. The quantitative estimate of drug-likeness (QED) is 0.233. The molecule has 3 fully saturated rings. The van der Waals surface area contributed by atoms with Crippen molar-refractivity contribution in [2.24, 2.45) is 29.1 Å². The van der Waals surface area contributed by atoms with E-state index in [2.05, 4.69) is 6.58 Å². The zero-order valence-corrected chi connectivity index (χ0v) is 27.0. The van der Waals surface area contributed by atoms with Gasteiger partial charge in [-0.15, -0.1) is 6.58 Å². The number of para-hydroxylation sites is 1. The van der Waals surface area contributed by atoms with Crippen LogP contribution in [-0.4, -0.2) is 45.3 Å². The van der Waals surface area contributed by atoms with Crippen molar-refractivity contribution in [1.29, 1.82) is 0 Å². The van der Waals surface area contributed by atoms with Crippen LogP contribution in [0.3, 0.4) is 0 Å². The topological polar surface area (TPSA) is 115 Å². The number of rotatable bonds is 7. The van der Waals surface area contributed by atoms with Crippen LogP contribution in [0.5, 0.6) is 11.5 Å². The van der Waals surface area contributed by atoms with Crippen LogP contribution >= 0.6 is 11.6 Å². The average Bonchev–Trinajstić information content (AvgIpc) is 3.42. The van der Waals surface area contributed by atoms with Gasteiger partial charge in [0, 0.05) is 18.0 Å². The van der Waals surface area contributed by atoms with Crippen LogP contribution in [0.15, 0.2) is 85.0 Å². The van der Waals surface area contributed by atoms with Crippen molar-refractivity contribution in [2.75, 3.05) is 11.4 Å². The molecule has 3 aromatic rings. The van der Waals surface area contributed by atoms with Gasteiger partial charge in [0.15, 0.2) is 0 Å². The number of likely N-dealkylation sites (tertiary alicyclic amines) is 1. The second-order valence-corrected chi connectivity index (χ2v) is 13.8. The van der Waals surface area contributed by atoms with E-state index in [1.807, 2.05) is 6.08 Å². The SMILES string of the molecule is C=CCc1cccc(C2C3=CCC4C(=O)N(CCc5ccc(O)cc5)C(=O)C4C3CC3C(=O)N(c4ccc(F)c(Cl)c4)C(=O)C32C)c1O. The van der Waals surface area contributed by atoms with E-state index >= 15 is 0 Å². The third-order valence-electron chi connectivity index (χ3n) is 10.9. The summed E-state index contributed by atoms with van der Waals surface area (Å²) in [5.41, 5.74) is 1.44. The molecule has 0 bridgehead atoms. The Bertz CT molecular complexity index is 1920. The third-order valence-corrected chi connectivity index (χ3v) is 11.2. The number of allylic oxidation sites excluding steroid dienone is 3. The van der Waals surface area contributed by atoms with Gasteiger partial charge in [0.05, 0.1) is 33.9 Å². The maximum Gasteiger partial charge on any atom is 0.241 e. The fraction of sp³-hybridized carbons (Fsp3) is 0.316. The Morgan fingerprint density at radius 2 is 1.75 bits per heavy atom. The van der Waals surface area contributed by atoms with Gasteiger partial charge in [0.25, 0.3) is 0 Å². The van der Waals surface area contributed by atoms with Crippen molar-refractivity contribution in [2.45, 2.75) is 38.5 Å². The normalized spacial score (nSPS) is 27.9. The van der Waals surface area contributed by atoms with E-state index in [1.165, 1.54) is 17.0 Å². The van der Waals surface area contributed by atoms with Crippen LogP contribution in [0.4, 0.5) is 10.1 Å². The lowest BCUT2D eigenvalue weighted by atomic mass is 9.51. The standard InChI is InChI=1S/C38H34ClFN2O6/c1-3-5-21-6-4-7-26(33(21)44)32-24-13-14-25-31(36(47)41(34(25)45)17-16-20-8-11-23(43)12-9-20)27(24)19-28-35(46)42(37(48)38(28,32)2)22-10-15-30(40)29(39)18-22/h3-4,6-13,15,18,25,27-28,31-32,43-44H,1,5,14,16-17,19H2,2H3. The number of phenols is 2. The summed E-state index contributed by atoms with van der Waals surface area (Å²) < 4.78 is 14.1. The van der Waals surface area contributed by atoms with Crippen molar-refractivity contribution >= 4 is 40.9 Å². The molecule has 2 aliphatic heterocycles. The molecule has 2 aliphatic carbocycles. The molecule has 3 aromatic carbocycles. The van der Waals surface area contributed by atoms with Gasteiger partial charge in [0.2, 0.25) is 23.6 Å². The minimum Gasteiger partial charge on any atom is -0.508 e. The van der Waals surface area contributed by atoms with Gasteiger partial charge in [-0.1, -0.05) is 59.7 Å². The maximum absolute atomic E-state index is 14.6. The van der Waals surface area contributed by atoms with Crippen LogP contribution in [0, 0.1) is 34.9 Å². The molecule has 6 unspecified atom stereocenters. The zero-order chi connectivity index (χ0) is 34.1. The molecule has 4 aliphatic rings. The lowest BCUT2D eigenvalue weighted by Crippen LogP contribution is -2.49. The maximum atomic E-state index is 14.6. The fourth-order valence-electron chi connectivity index (χ4n) is 8.58. The lowest BCUT2D eigenvalue weighted by molar-refractivity contribution is -0.140. The van der Waals surface area contributed by atoms with Crippen molar-refractivity contribution in [3.8, 4) is 11.5 Å². The van der Waals surface area contributed by atoms with Crippen molar-refractivity contribution in [1.82, 2.24) is 4.90 Å². The van der Waals surface area contributed by atoms with Crippen LogP contribution in [0.2, 0.25) is 5.02 Å². The number of hydrogen-bond donors (Lipinski definition) is 2. The number of aromatic hydroxyl groups is 2. The van der Waals surface area contributed by atoms with E-state index < -0.39 is 52.6 Å². The number of phenolic OH excluding ortho intramolecular Hbond substituents is 2. The number of benzene rings is 3. The van der Waals surface area contributed by atoms with Gasteiger partial charge in [0.1, 0.15) is 17.3 Å². The van der Waals surface area contributed by atoms with Crippen molar-refractivity contribution in [3.05, 3.63) is 112 Å². The molecule has 0 spiro atoms. The largest absolute Gasteiger partial charge is 0.508 e. The number of fused-ring (bicyclic) bond motifs is 4. The van der Waals surface area contributed by atoms with Crippen molar-refractivity contribution < 1.29 is 33.8 Å². The molecule has 4 amide bonds. The average molecular weight is 669 g/mol. The first kappa shape index (κ1) is 31.8. The summed E-state index contributed by atoms with van der Waals surface area (Å²) in [6.07, 6.45) is 4.81. The third kappa shape index (κ3) is 4.70. The number of hydrogen-bond acceptors (Lipinski definition) is 6. The molecule has 7 rings (SSSR count). The molecule has 2 heterocycles. The summed E-state index contributed by atoms with van der Waals surface area (Å²) >= 11 is 6.08. The smallest absolute Gasteiger partial charge is 0.241 e. The molecule has 2 N–H and O–H groups in total. The monoisotopic (exact) mass is 668 g/mol. The Hall–Kier alpha value is -4.76. The van der Waals surface area contributed by atoms with E-state index in [-0.39, 0.29) is 53.4 Å². The highest BCUT2D eigenvalue weighted by molar-refractivity contribution is 6.31. The molecule has 0 radical (unpaired) electrons. The summed E-state index contributed by atoms with van der Waals surface area (Å²) in [6, 6.07) is 15.6. The van der Waals surface area contributed by atoms with Gasteiger partial charge in [-0.05, 0) is 80.0 Å². The fourth-order valence-corrected chi connectivity index (χ4v) is 8.76. The van der Waals surface area contributed by atoms with Gasteiger partial charge < -0.3 is 10.2 Å². The first-order valence-corrected chi connectivity index (χ1v) is 16.4. The van der Waals surface area contributed by atoms with Crippen LogP contribution in [0.1, 0.15) is 42.4 Å². The first-order chi connectivity index (χ1) is 23.0. The van der Waals surface area contributed by atoms with Gasteiger partial charge >= 0.3 is 0 Å². The highest BCUT2D eigenvalue weighted by atomic mass is 35.5. The number of halogens is 2.